The van der Waals surface area contributed by atoms with Crippen LogP contribution in [0.15, 0.2) is 53.6 Å². The fourth-order valence-corrected chi connectivity index (χ4v) is 2.72. The third-order valence-electron chi connectivity index (χ3n) is 3.46. The standard InChI is InChI=1S/C17H11Cl2N5O3/c18-12-5-11(6-13(19)7-12)15-8-16(22-21-15)17(25)23-20-9-10-1-3-14(4-2-10)24(26)27/h1-9H,(H,21,22)(H,23,25)/b20-9-. The summed E-state index contributed by atoms with van der Waals surface area (Å²) in [5.74, 6) is -0.500. The third kappa shape index (κ3) is 4.69. The zero-order valence-electron chi connectivity index (χ0n) is 13.5. The predicted molar refractivity (Wildman–Crippen MR) is 102 cm³/mol. The van der Waals surface area contributed by atoms with Gasteiger partial charge in [0, 0.05) is 27.7 Å². The maximum absolute atomic E-state index is 12.1. The van der Waals surface area contributed by atoms with Crippen molar-refractivity contribution in [1.29, 1.82) is 0 Å². The minimum atomic E-state index is -0.500. The Hall–Kier alpha value is -3.23. The molecule has 0 aliphatic heterocycles. The van der Waals surface area contributed by atoms with Crippen LogP contribution in [-0.2, 0) is 0 Å². The van der Waals surface area contributed by atoms with Gasteiger partial charge in [-0.1, -0.05) is 23.2 Å². The summed E-state index contributed by atoms with van der Waals surface area (Å²) >= 11 is 11.9. The SMILES string of the molecule is O=C(N/N=C\c1ccc([N+](=O)[O-])cc1)c1cc(-c2cc(Cl)cc(Cl)c2)n[nH]1. The number of nitrogens with one attached hydrogen (secondary N) is 2. The van der Waals surface area contributed by atoms with Gasteiger partial charge < -0.3 is 0 Å². The van der Waals surface area contributed by atoms with E-state index in [0.717, 1.165) is 0 Å². The first-order valence-corrected chi connectivity index (χ1v) is 8.28. The number of hydrogen-bond acceptors (Lipinski definition) is 5. The fourth-order valence-electron chi connectivity index (χ4n) is 2.20. The number of halogens is 2. The van der Waals surface area contributed by atoms with Gasteiger partial charge in [-0.05, 0) is 42.0 Å². The molecule has 0 bridgehead atoms. The van der Waals surface area contributed by atoms with E-state index in [0.29, 0.717) is 26.9 Å². The first-order chi connectivity index (χ1) is 12.9. The van der Waals surface area contributed by atoms with E-state index in [1.165, 1.54) is 30.5 Å². The summed E-state index contributed by atoms with van der Waals surface area (Å²) < 4.78 is 0. The van der Waals surface area contributed by atoms with Crippen molar-refractivity contribution in [3.05, 3.63) is 79.9 Å². The number of non-ortho nitro benzene ring substituents is 1. The van der Waals surface area contributed by atoms with E-state index >= 15 is 0 Å². The van der Waals surface area contributed by atoms with Gasteiger partial charge in [0.2, 0.25) is 0 Å². The van der Waals surface area contributed by atoms with E-state index in [2.05, 4.69) is 20.7 Å². The van der Waals surface area contributed by atoms with Crippen LogP contribution in [0.1, 0.15) is 16.1 Å². The Morgan fingerprint density at radius 2 is 1.81 bits per heavy atom. The van der Waals surface area contributed by atoms with Crippen molar-refractivity contribution in [1.82, 2.24) is 15.6 Å². The van der Waals surface area contributed by atoms with Gasteiger partial charge in [-0.25, -0.2) is 5.43 Å². The molecule has 3 aromatic rings. The maximum atomic E-state index is 12.1. The molecule has 0 spiro atoms. The number of H-pyrrole nitrogens is 1. The van der Waals surface area contributed by atoms with Crippen molar-refractivity contribution in [3.8, 4) is 11.3 Å². The summed E-state index contributed by atoms with van der Waals surface area (Å²) in [6, 6.07) is 12.2. The highest BCUT2D eigenvalue weighted by molar-refractivity contribution is 6.35. The van der Waals surface area contributed by atoms with Crippen LogP contribution < -0.4 is 5.43 Å². The number of hydrazone groups is 1. The van der Waals surface area contributed by atoms with Crippen LogP contribution in [0.3, 0.4) is 0 Å². The molecule has 10 heteroatoms. The van der Waals surface area contributed by atoms with Crippen molar-refractivity contribution in [2.24, 2.45) is 5.10 Å². The van der Waals surface area contributed by atoms with E-state index < -0.39 is 10.8 Å². The number of rotatable bonds is 5. The zero-order valence-corrected chi connectivity index (χ0v) is 15.0. The number of amides is 1. The van der Waals surface area contributed by atoms with Crippen LogP contribution >= 0.6 is 23.2 Å². The summed E-state index contributed by atoms with van der Waals surface area (Å²) in [6.07, 6.45) is 1.37. The van der Waals surface area contributed by atoms with Gasteiger partial charge >= 0.3 is 0 Å². The molecule has 2 N–H and O–H groups in total. The Morgan fingerprint density at radius 1 is 1.15 bits per heavy atom. The van der Waals surface area contributed by atoms with Crippen molar-refractivity contribution < 1.29 is 9.72 Å². The molecule has 1 amide bonds. The van der Waals surface area contributed by atoms with E-state index in [1.807, 2.05) is 0 Å². The van der Waals surface area contributed by atoms with E-state index in [1.54, 1.807) is 24.3 Å². The lowest BCUT2D eigenvalue weighted by Crippen LogP contribution is -2.17. The van der Waals surface area contributed by atoms with Crippen molar-refractivity contribution >= 4 is 41.0 Å². The molecule has 0 radical (unpaired) electrons. The lowest BCUT2D eigenvalue weighted by atomic mass is 10.1. The van der Waals surface area contributed by atoms with Gasteiger partial charge in [-0.2, -0.15) is 10.2 Å². The number of nitro groups is 1. The zero-order chi connectivity index (χ0) is 19.4. The first kappa shape index (κ1) is 18.6. The molecule has 1 heterocycles. The minimum Gasteiger partial charge on any atom is -0.272 e. The van der Waals surface area contributed by atoms with Crippen LogP contribution in [0.4, 0.5) is 5.69 Å². The van der Waals surface area contributed by atoms with E-state index in [9.17, 15) is 14.9 Å². The van der Waals surface area contributed by atoms with Gasteiger partial charge in [0.15, 0.2) is 0 Å². The molecular weight excluding hydrogens is 393 g/mol. The molecule has 1 aromatic heterocycles. The number of benzene rings is 2. The fraction of sp³-hybridized carbons (Fsp3) is 0. The van der Waals surface area contributed by atoms with Gasteiger partial charge in [0.25, 0.3) is 11.6 Å². The molecular formula is C17H11Cl2N5O3. The second-order valence-corrected chi connectivity index (χ2v) is 6.25. The van der Waals surface area contributed by atoms with Gasteiger partial charge in [0.05, 0.1) is 16.8 Å². The van der Waals surface area contributed by atoms with Gasteiger partial charge in [-0.3, -0.25) is 20.0 Å². The largest absolute Gasteiger partial charge is 0.289 e. The number of carbonyl (C=O) groups excluding carboxylic acids is 1. The lowest BCUT2D eigenvalue weighted by Gasteiger charge is -1.98. The second kappa shape index (κ2) is 7.98. The summed E-state index contributed by atoms with van der Waals surface area (Å²) in [4.78, 5) is 22.2. The lowest BCUT2D eigenvalue weighted by molar-refractivity contribution is -0.384. The molecule has 0 unspecified atom stereocenters. The molecule has 27 heavy (non-hydrogen) atoms. The molecule has 0 fully saturated rings. The summed E-state index contributed by atoms with van der Waals surface area (Å²) in [7, 11) is 0. The Kier molecular flexibility index (Phi) is 5.49. The van der Waals surface area contributed by atoms with Crippen molar-refractivity contribution in [3.63, 3.8) is 0 Å². The Bertz CT molecular complexity index is 1010. The Labute approximate surface area is 163 Å². The van der Waals surface area contributed by atoms with E-state index in [-0.39, 0.29) is 11.4 Å². The molecule has 2 aromatic carbocycles. The highest BCUT2D eigenvalue weighted by Gasteiger charge is 2.11. The number of aromatic nitrogens is 2. The number of nitro benzene ring substituents is 1. The highest BCUT2D eigenvalue weighted by atomic mass is 35.5. The summed E-state index contributed by atoms with van der Waals surface area (Å²) in [5.41, 5.74) is 4.28. The second-order valence-electron chi connectivity index (χ2n) is 5.37. The minimum absolute atomic E-state index is 0.0257. The van der Waals surface area contributed by atoms with Crippen LogP contribution in [-0.4, -0.2) is 27.2 Å². The molecule has 0 aliphatic rings. The van der Waals surface area contributed by atoms with E-state index in [4.69, 9.17) is 23.2 Å². The predicted octanol–water partition coefficient (Wildman–Crippen LogP) is 4.06. The summed E-state index contributed by atoms with van der Waals surface area (Å²) in [5, 5.41) is 22.0. The topological polar surface area (TPSA) is 113 Å². The van der Waals surface area contributed by atoms with Crippen molar-refractivity contribution in [2.45, 2.75) is 0 Å². The quantitative estimate of drug-likeness (QED) is 0.379. The average Bonchev–Trinajstić information content (AvgIpc) is 3.11. The number of aromatic amines is 1. The van der Waals surface area contributed by atoms with Gasteiger partial charge in [-0.15, -0.1) is 0 Å². The van der Waals surface area contributed by atoms with Crippen LogP contribution in [0, 0.1) is 10.1 Å². The molecule has 136 valence electrons. The Morgan fingerprint density at radius 3 is 2.44 bits per heavy atom. The molecule has 0 atom stereocenters. The number of nitrogens with zero attached hydrogens (tertiary/aromatic N) is 3. The monoisotopic (exact) mass is 403 g/mol. The number of carbonyl (C=O) groups is 1. The highest BCUT2D eigenvalue weighted by Crippen LogP contribution is 2.26. The average molecular weight is 404 g/mol. The molecule has 8 nitrogen and oxygen atoms in total. The normalized spacial score (nSPS) is 10.9. The van der Waals surface area contributed by atoms with Crippen LogP contribution in [0.5, 0.6) is 0 Å². The Balaban J connectivity index is 1.66. The smallest absolute Gasteiger partial charge is 0.272 e. The molecule has 0 saturated carbocycles. The van der Waals surface area contributed by atoms with Crippen LogP contribution in [0.25, 0.3) is 11.3 Å². The maximum Gasteiger partial charge on any atom is 0.289 e. The van der Waals surface area contributed by atoms with Crippen LogP contribution in [0.2, 0.25) is 10.0 Å². The van der Waals surface area contributed by atoms with Crippen molar-refractivity contribution in [2.75, 3.05) is 0 Å². The molecule has 3 rings (SSSR count). The van der Waals surface area contributed by atoms with Gasteiger partial charge in [0.1, 0.15) is 5.69 Å². The summed E-state index contributed by atoms with van der Waals surface area (Å²) in [6.45, 7) is 0. The molecule has 0 saturated heterocycles. The molecule has 0 aliphatic carbocycles. The third-order valence-corrected chi connectivity index (χ3v) is 3.90. The number of hydrogen-bond donors (Lipinski definition) is 2. The first-order valence-electron chi connectivity index (χ1n) is 7.52.